The summed E-state index contributed by atoms with van der Waals surface area (Å²) in [5.74, 6) is -0.0487. The lowest BCUT2D eigenvalue weighted by molar-refractivity contribution is 0.0698. The third-order valence-electron chi connectivity index (χ3n) is 2.20. The normalized spacial score (nSPS) is 10.5. The van der Waals surface area contributed by atoms with E-state index in [2.05, 4.69) is 18.8 Å². The minimum absolute atomic E-state index is 0.0978. The summed E-state index contributed by atoms with van der Waals surface area (Å²) in [7, 11) is 1.85. The number of aromatic carboxylic acids is 1. The molecule has 0 unspecified atom stereocenters. The van der Waals surface area contributed by atoms with E-state index in [-0.39, 0.29) is 11.3 Å². The van der Waals surface area contributed by atoms with E-state index in [1.54, 1.807) is 0 Å². The Balaban J connectivity index is 3.05. The standard InChI is InChI=1S/C11H17N3O2/c1-7(2)6-14(3)10-9(12)8(11(15)16)4-5-13-10/h4-5,7H,6,12H2,1-3H3,(H,15,16). The first-order valence-electron chi connectivity index (χ1n) is 5.12. The number of pyridine rings is 1. The molecule has 16 heavy (non-hydrogen) atoms. The van der Waals surface area contributed by atoms with Crippen molar-refractivity contribution in [1.82, 2.24) is 4.98 Å². The SMILES string of the molecule is CC(C)CN(C)c1nccc(C(=O)O)c1N. The van der Waals surface area contributed by atoms with E-state index in [0.717, 1.165) is 6.54 Å². The number of aromatic nitrogens is 1. The molecule has 5 heteroatoms. The van der Waals surface area contributed by atoms with Gasteiger partial charge in [-0.15, -0.1) is 0 Å². The number of nitrogens with zero attached hydrogens (tertiary/aromatic N) is 2. The molecule has 0 aliphatic rings. The maximum Gasteiger partial charge on any atom is 0.337 e. The van der Waals surface area contributed by atoms with Gasteiger partial charge in [0.15, 0.2) is 5.82 Å². The number of anilines is 2. The molecule has 1 rings (SSSR count). The van der Waals surface area contributed by atoms with Gasteiger partial charge in [-0.2, -0.15) is 0 Å². The van der Waals surface area contributed by atoms with Crippen LogP contribution in [0, 0.1) is 5.92 Å². The summed E-state index contributed by atoms with van der Waals surface area (Å²) in [6.45, 7) is 4.93. The van der Waals surface area contributed by atoms with Crippen LogP contribution in [-0.2, 0) is 0 Å². The van der Waals surface area contributed by atoms with Gasteiger partial charge in [-0.3, -0.25) is 0 Å². The van der Waals surface area contributed by atoms with Crippen molar-refractivity contribution < 1.29 is 9.90 Å². The molecule has 88 valence electrons. The predicted molar refractivity (Wildman–Crippen MR) is 63.7 cm³/mol. The van der Waals surface area contributed by atoms with Crippen molar-refractivity contribution in [1.29, 1.82) is 0 Å². The second-order valence-corrected chi connectivity index (χ2v) is 4.18. The van der Waals surface area contributed by atoms with Gasteiger partial charge in [0.2, 0.25) is 0 Å². The highest BCUT2D eigenvalue weighted by Gasteiger charge is 2.15. The molecule has 0 saturated heterocycles. The number of hydrogen-bond donors (Lipinski definition) is 2. The van der Waals surface area contributed by atoms with E-state index in [4.69, 9.17) is 10.8 Å². The van der Waals surface area contributed by atoms with Crippen LogP contribution in [0.2, 0.25) is 0 Å². The number of carboxylic acid groups (broad SMARTS) is 1. The van der Waals surface area contributed by atoms with Crippen molar-refractivity contribution in [3.8, 4) is 0 Å². The van der Waals surface area contributed by atoms with E-state index in [9.17, 15) is 4.79 Å². The van der Waals surface area contributed by atoms with Gasteiger partial charge in [0.05, 0.1) is 11.3 Å². The average Bonchev–Trinajstić information content (AvgIpc) is 2.16. The second kappa shape index (κ2) is 4.83. The largest absolute Gasteiger partial charge is 0.478 e. The Morgan fingerprint density at radius 1 is 1.62 bits per heavy atom. The molecule has 0 radical (unpaired) electrons. The van der Waals surface area contributed by atoms with Gasteiger partial charge in [0.25, 0.3) is 0 Å². The number of hydrogen-bond acceptors (Lipinski definition) is 4. The third kappa shape index (κ3) is 2.62. The van der Waals surface area contributed by atoms with Crippen molar-refractivity contribution in [2.45, 2.75) is 13.8 Å². The summed E-state index contributed by atoms with van der Waals surface area (Å²) >= 11 is 0. The van der Waals surface area contributed by atoms with Crippen LogP contribution in [0.15, 0.2) is 12.3 Å². The number of nitrogens with two attached hydrogens (primary N) is 1. The fraction of sp³-hybridized carbons (Fsp3) is 0.455. The monoisotopic (exact) mass is 223 g/mol. The molecule has 0 saturated carbocycles. The lowest BCUT2D eigenvalue weighted by Gasteiger charge is -2.22. The van der Waals surface area contributed by atoms with Crippen molar-refractivity contribution in [3.05, 3.63) is 17.8 Å². The van der Waals surface area contributed by atoms with Crippen LogP contribution in [0.4, 0.5) is 11.5 Å². The van der Waals surface area contributed by atoms with Crippen LogP contribution in [0.5, 0.6) is 0 Å². The number of carboxylic acids is 1. The Kier molecular flexibility index (Phi) is 3.71. The van der Waals surface area contributed by atoms with E-state index >= 15 is 0 Å². The first-order valence-corrected chi connectivity index (χ1v) is 5.12. The van der Waals surface area contributed by atoms with Gasteiger partial charge in [0.1, 0.15) is 0 Å². The molecule has 3 N–H and O–H groups in total. The topological polar surface area (TPSA) is 79.5 Å². The summed E-state index contributed by atoms with van der Waals surface area (Å²) in [4.78, 5) is 16.9. The smallest absolute Gasteiger partial charge is 0.337 e. The molecule has 0 bridgehead atoms. The molecule has 1 aromatic rings. The van der Waals surface area contributed by atoms with Gasteiger partial charge >= 0.3 is 5.97 Å². The Morgan fingerprint density at radius 3 is 2.75 bits per heavy atom. The number of carbonyl (C=O) groups is 1. The molecule has 1 aromatic heterocycles. The molecule has 1 heterocycles. The van der Waals surface area contributed by atoms with E-state index in [1.165, 1.54) is 12.3 Å². The quantitative estimate of drug-likeness (QED) is 0.807. The highest BCUT2D eigenvalue weighted by molar-refractivity contribution is 5.96. The van der Waals surface area contributed by atoms with Crippen molar-refractivity contribution in [2.24, 2.45) is 5.92 Å². The molecule has 0 aliphatic carbocycles. The van der Waals surface area contributed by atoms with Crippen LogP contribution in [0.1, 0.15) is 24.2 Å². The van der Waals surface area contributed by atoms with E-state index in [1.807, 2.05) is 11.9 Å². The maximum absolute atomic E-state index is 10.9. The minimum atomic E-state index is -1.03. The molecular weight excluding hydrogens is 206 g/mol. The number of rotatable bonds is 4. The summed E-state index contributed by atoms with van der Waals surface area (Å²) in [5, 5.41) is 8.93. The first-order chi connectivity index (χ1) is 7.43. The Hall–Kier alpha value is -1.78. The lowest BCUT2D eigenvalue weighted by atomic mass is 10.2. The fourth-order valence-electron chi connectivity index (χ4n) is 1.59. The predicted octanol–water partition coefficient (Wildman–Crippen LogP) is 1.45. The van der Waals surface area contributed by atoms with Crippen LogP contribution in [0.3, 0.4) is 0 Å². The van der Waals surface area contributed by atoms with Crippen molar-refractivity contribution in [3.63, 3.8) is 0 Å². The van der Waals surface area contributed by atoms with Crippen LogP contribution >= 0.6 is 0 Å². The Morgan fingerprint density at radius 2 is 2.25 bits per heavy atom. The fourth-order valence-corrected chi connectivity index (χ4v) is 1.59. The van der Waals surface area contributed by atoms with Crippen LogP contribution in [-0.4, -0.2) is 29.7 Å². The Bertz CT molecular complexity index is 391. The highest BCUT2D eigenvalue weighted by Crippen LogP contribution is 2.23. The van der Waals surface area contributed by atoms with Crippen molar-refractivity contribution in [2.75, 3.05) is 24.2 Å². The summed E-state index contributed by atoms with van der Waals surface area (Å²) in [6, 6.07) is 1.41. The highest BCUT2D eigenvalue weighted by atomic mass is 16.4. The van der Waals surface area contributed by atoms with Gasteiger partial charge in [-0.25, -0.2) is 9.78 Å². The lowest BCUT2D eigenvalue weighted by Crippen LogP contribution is -2.25. The molecule has 5 nitrogen and oxygen atoms in total. The molecule has 0 aliphatic heterocycles. The zero-order valence-corrected chi connectivity index (χ0v) is 9.77. The van der Waals surface area contributed by atoms with Gasteiger partial charge in [-0.05, 0) is 12.0 Å². The Labute approximate surface area is 94.9 Å². The zero-order valence-electron chi connectivity index (χ0n) is 9.77. The maximum atomic E-state index is 10.9. The molecule has 0 fully saturated rings. The number of nitrogen functional groups attached to an aromatic ring is 1. The van der Waals surface area contributed by atoms with Gasteiger partial charge in [0, 0.05) is 19.8 Å². The summed E-state index contributed by atoms with van der Waals surface area (Å²) in [6.07, 6.45) is 1.46. The summed E-state index contributed by atoms with van der Waals surface area (Å²) in [5.41, 5.74) is 6.09. The van der Waals surface area contributed by atoms with Gasteiger partial charge in [-0.1, -0.05) is 13.8 Å². The molecule has 0 atom stereocenters. The van der Waals surface area contributed by atoms with E-state index < -0.39 is 5.97 Å². The molecule has 0 spiro atoms. The van der Waals surface area contributed by atoms with Crippen LogP contribution in [0.25, 0.3) is 0 Å². The summed E-state index contributed by atoms with van der Waals surface area (Å²) < 4.78 is 0. The molecule has 0 amide bonds. The van der Waals surface area contributed by atoms with Crippen molar-refractivity contribution >= 4 is 17.5 Å². The third-order valence-corrected chi connectivity index (χ3v) is 2.20. The van der Waals surface area contributed by atoms with Crippen LogP contribution < -0.4 is 10.6 Å². The van der Waals surface area contributed by atoms with E-state index in [0.29, 0.717) is 11.7 Å². The molecule has 0 aromatic carbocycles. The zero-order chi connectivity index (χ0) is 12.3. The minimum Gasteiger partial charge on any atom is -0.478 e. The average molecular weight is 223 g/mol. The van der Waals surface area contributed by atoms with Gasteiger partial charge < -0.3 is 15.7 Å². The molecular formula is C11H17N3O2. The first kappa shape index (κ1) is 12.3. The second-order valence-electron chi connectivity index (χ2n) is 4.18.